The molecule has 0 unspecified atom stereocenters. The summed E-state index contributed by atoms with van der Waals surface area (Å²) in [6, 6.07) is 14.5. The van der Waals surface area contributed by atoms with Gasteiger partial charge < -0.3 is 14.8 Å². The van der Waals surface area contributed by atoms with Gasteiger partial charge in [-0.3, -0.25) is 25.2 Å². The van der Waals surface area contributed by atoms with Crippen LogP contribution in [-0.4, -0.2) is 37.5 Å². The van der Waals surface area contributed by atoms with Crippen molar-refractivity contribution in [1.82, 2.24) is 16.2 Å². The number of para-hydroxylation sites is 2. The second-order valence-electron chi connectivity index (χ2n) is 5.98. The molecule has 0 saturated heterocycles. The van der Waals surface area contributed by atoms with Gasteiger partial charge in [0.2, 0.25) is 0 Å². The Labute approximate surface area is 163 Å². The molecule has 28 heavy (non-hydrogen) atoms. The molecule has 8 nitrogen and oxygen atoms in total. The zero-order chi connectivity index (χ0) is 20.4. The highest BCUT2D eigenvalue weighted by Gasteiger charge is 2.10. The molecule has 8 heteroatoms. The molecule has 0 spiro atoms. The van der Waals surface area contributed by atoms with E-state index in [-0.39, 0.29) is 19.8 Å². The van der Waals surface area contributed by atoms with Crippen LogP contribution in [0.4, 0.5) is 0 Å². The van der Waals surface area contributed by atoms with E-state index in [1.807, 2.05) is 38.1 Å². The van der Waals surface area contributed by atoms with Gasteiger partial charge in [-0.1, -0.05) is 36.4 Å². The molecule has 0 aliphatic rings. The van der Waals surface area contributed by atoms with Crippen LogP contribution in [0.3, 0.4) is 0 Å². The van der Waals surface area contributed by atoms with Crippen molar-refractivity contribution >= 4 is 17.7 Å². The number of hydrogen-bond donors (Lipinski definition) is 3. The Balaban J connectivity index is 1.62. The van der Waals surface area contributed by atoms with Gasteiger partial charge in [0.25, 0.3) is 17.7 Å². The summed E-state index contributed by atoms with van der Waals surface area (Å²) in [6.07, 6.45) is 0. The largest absolute Gasteiger partial charge is 0.484 e. The van der Waals surface area contributed by atoms with Crippen LogP contribution in [0.25, 0.3) is 0 Å². The highest BCUT2D eigenvalue weighted by molar-refractivity contribution is 5.87. The molecule has 2 rings (SSSR count). The van der Waals surface area contributed by atoms with Crippen LogP contribution in [0.2, 0.25) is 0 Å². The van der Waals surface area contributed by atoms with Crippen molar-refractivity contribution in [2.75, 3.05) is 19.8 Å². The van der Waals surface area contributed by atoms with Gasteiger partial charge in [-0.15, -0.1) is 0 Å². The van der Waals surface area contributed by atoms with E-state index < -0.39 is 17.7 Å². The number of amides is 3. The van der Waals surface area contributed by atoms with Crippen molar-refractivity contribution < 1.29 is 23.9 Å². The van der Waals surface area contributed by atoms with Crippen LogP contribution >= 0.6 is 0 Å². The fraction of sp³-hybridized carbons (Fsp3) is 0.250. The summed E-state index contributed by atoms with van der Waals surface area (Å²) >= 11 is 0. The van der Waals surface area contributed by atoms with Gasteiger partial charge in [0.15, 0.2) is 13.2 Å². The second-order valence-corrected chi connectivity index (χ2v) is 5.98. The molecular weight excluding hydrogens is 362 g/mol. The van der Waals surface area contributed by atoms with E-state index in [0.29, 0.717) is 11.5 Å². The third-order valence-electron chi connectivity index (χ3n) is 3.66. The SMILES string of the molecule is Cc1cccc(C)c1OCC(=O)NNC(=O)CNC(=O)COc1ccccc1. The Bertz CT molecular complexity index is 804. The molecule has 0 aliphatic carbocycles. The van der Waals surface area contributed by atoms with E-state index in [0.717, 1.165) is 11.1 Å². The van der Waals surface area contributed by atoms with Crippen molar-refractivity contribution in [2.24, 2.45) is 0 Å². The molecule has 3 N–H and O–H groups in total. The molecule has 0 radical (unpaired) electrons. The molecule has 0 bridgehead atoms. The van der Waals surface area contributed by atoms with E-state index in [4.69, 9.17) is 9.47 Å². The van der Waals surface area contributed by atoms with Crippen LogP contribution < -0.4 is 25.6 Å². The summed E-state index contributed by atoms with van der Waals surface area (Å²) in [4.78, 5) is 35.1. The first kappa shape index (κ1) is 20.8. The summed E-state index contributed by atoms with van der Waals surface area (Å²) in [5.41, 5.74) is 6.26. The second kappa shape index (κ2) is 10.6. The summed E-state index contributed by atoms with van der Waals surface area (Å²) in [6.45, 7) is 3.00. The quantitative estimate of drug-likeness (QED) is 0.589. The lowest BCUT2D eigenvalue weighted by Crippen LogP contribution is -2.48. The molecule has 148 valence electrons. The molecule has 0 heterocycles. The first-order chi connectivity index (χ1) is 13.5. The minimum atomic E-state index is -0.575. The molecule has 0 fully saturated rings. The van der Waals surface area contributed by atoms with Gasteiger partial charge in [-0.05, 0) is 37.1 Å². The third kappa shape index (κ3) is 6.99. The van der Waals surface area contributed by atoms with Crippen molar-refractivity contribution in [2.45, 2.75) is 13.8 Å². The number of hydrazine groups is 1. The van der Waals surface area contributed by atoms with Crippen LogP contribution in [0.5, 0.6) is 11.5 Å². The predicted molar refractivity (Wildman–Crippen MR) is 103 cm³/mol. The number of nitrogens with one attached hydrogen (secondary N) is 3. The Morgan fingerprint density at radius 3 is 2.04 bits per heavy atom. The molecule has 0 atom stereocenters. The molecule has 0 saturated carbocycles. The highest BCUT2D eigenvalue weighted by atomic mass is 16.5. The zero-order valence-corrected chi connectivity index (χ0v) is 15.8. The Hall–Kier alpha value is -3.55. The first-order valence-corrected chi connectivity index (χ1v) is 8.67. The summed E-state index contributed by atoms with van der Waals surface area (Å²) in [7, 11) is 0. The molecule has 3 amide bonds. The van der Waals surface area contributed by atoms with Gasteiger partial charge in [-0.2, -0.15) is 0 Å². The normalized spacial score (nSPS) is 9.93. The van der Waals surface area contributed by atoms with E-state index in [1.165, 1.54) is 0 Å². The minimum absolute atomic E-state index is 0.215. The molecule has 2 aromatic rings. The maximum Gasteiger partial charge on any atom is 0.276 e. The highest BCUT2D eigenvalue weighted by Crippen LogP contribution is 2.21. The van der Waals surface area contributed by atoms with E-state index in [1.54, 1.807) is 24.3 Å². The van der Waals surface area contributed by atoms with Gasteiger partial charge in [0.1, 0.15) is 11.5 Å². The van der Waals surface area contributed by atoms with Gasteiger partial charge >= 0.3 is 0 Å². The van der Waals surface area contributed by atoms with Crippen LogP contribution in [0.1, 0.15) is 11.1 Å². The Morgan fingerprint density at radius 1 is 0.750 bits per heavy atom. The Morgan fingerprint density at radius 2 is 1.36 bits per heavy atom. The number of benzene rings is 2. The summed E-state index contributed by atoms with van der Waals surface area (Å²) in [5.74, 6) is -0.361. The first-order valence-electron chi connectivity index (χ1n) is 8.67. The minimum Gasteiger partial charge on any atom is -0.484 e. The van der Waals surface area contributed by atoms with Gasteiger partial charge in [0, 0.05) is 0 Å². The summed E-state index contributed by atoms with van der Waals surface area (Å²) < 4.78 is 10.7. The number of hydrogen-bond acceptors (Lipinski definition) is 5. The van der Waals surface area contributed by atoms with Gasteiger partial charge in [-0.25, -0.2) is 0 Å². The number of carbonyl (C=O) groups excluding carboxylic acids is 3. The molecular formula is C20H23N3O5. The lowest BCUT2D eigenvalue weighted by molar-refractivity contribution is -0.131. The van der Waals surface area contributed by atoms with Crippen molar-refractivity contribution in [3.8, 4) is 11.5 Å². The maximum atomic E-state index is 11.8. The zero-order valence-electron chi connectivity index (χ0n) is 15.8. The topological polar surface area (TPSA) is 106 Å². The van der Waals surface area contributed by atoms with E-state index in [9.17, 15) is 14.4 Å². The van der Waals surface area contributed by atoms with Crippen molar-refractivity contribution in [3.63, 3.8) is 0 Å². The standard InChI is InChI=1S/C20H23N3O5/c1-14-7-6-8-15(2)20(14)28-13-19(26)23-22-17(24)11-21-18(25)12-27-16-9-4-3-5-10-16/h3-10H,11-13H2,1-2H3,(H,21,25)(H,22,24)(H,23,26). The lowest BCUT2D eigenvalue weighted by Gasteiger charge is -2.12. The number of carbonyl (C=O) groups is 3. The van der Waals surface area contributed by atoms with Crippen molar-refractivity contribution in [3.05, 3.63) is 59.7 Å². The average Bonchev–Trinajstić information content (AvgIpc) is 2.69. The molecule has 2 aromatic carbocycles. The van der Waals surface area contributed by atoms with Crippen molar-refractivity contribution in [1.29, 1.82) is 0 Å². The van der Waals surface area contributed by atoms with Crippen LogP contribution in [0, 0.1) is 13.8 Å². The monoisotopic (exact) mass is 385 g/mol. The lowest BCUT2D eigenvalue weighted by atomic mass is 10.1. The third-order valence-corrected chi connectivity index (χ3v) is 3.66. The molecule has 0 aliphatic heterocycles. The van der Waals surface area contributed by atoms with Crippen LogP contribution in [0.15, 0.2) is 48.5 Å². The molecule has 0 aromatic heterocycles. The summed E-state index contributed by atoms with van der Waals surface area (Å²) in [5, 5.41) is 2.39. The fourth-order valence-corrected chi connectivity index (χ4v) is 2.28. The fourth-order valence-electron chi connectivity index (χ4n) is 2.28. The van der Waals surface area contributed by atoms with E-state index >= 15 is 0 Å². The number of rotatable bonds is 8. The average molecular weight is 385 g/mol. The van der Waals surface area contributed by atoms with E-state index in [2.05, 4.69) is 16.2 Å². The number of aryl methyl sites for hydroxylation is 2. The smallest absolute Gasteiger partial charge is 0.276 e. The van der Waals surface area contributed by atoms with Crippen LogP contribution in [-0.2, 0) is 14.4 Å². The number of ether oxygens (including phenoxy) is 2. The van der Waals surface area contributed by atoms with Gasteiger partial charge in [0.05, 0.1) is 6.54 Å². The Kier molecular flexibility index (Phi) is 7.83. The predicted octanol–water partition coefficient (Wildman–Crippen LogP) is 1.02. The maximum absolute atomic E-state index is 11.8.